The average Bonchev–Trinajstić information content (AvgIpc) is 1.97. The summed E-state index contributed by atoms with van der Waals surface area (Å²) in [5, 5.41) is 8.87. The molecule has 13 heavy (non-hydrogen) atoms. The monoisotopic (exact) mass is 228 g/mol. The first kappa shape index (κ1) is 12.3. The Morgan fingerprint density at radius 2 is 1.62 bits per heavy atom. The van der Waals surface area contributed by atoms with Gasteiger partial charge in [0.2, 0.25) is 0 Å². The predicted molar refractivity (Wildman–Crippen MR) is 47.6 cm³/mol. The van der Waals surface area contributed by atoms with Gasteiger partial charge < -0.3 is 5.11 Å². The number of rotatable bonds is 1. The number of aromatic carboxylic acids is 1. The molecule has 2 nitrogen and oxygen atoms in total. The van der Waals surface area contributed by atoms with Crippen molar-refractivity contribution in [3.63, 3.8) is 0 Å². The van der Waals surface area contributed by atoms with Crippen molar-refractivity contribution in [2.24, 2.45) is 0 Å². The molecule has 1 aromatic carbocycles. The van der Waals surface area contributed by atoms with Crippen molar-refractivity contribution < 1.29 is 29.4 Å². The summed E-state index contributed by atoms with van der Waals surface area (Å²) >= 11 is 0. The summed E-state index contributed by atoms with van der Waals surface area (Å²) in [6.07, 6.45) is 0. The van der Waals surface area contributed by atoms with Gasteiger partial charge in [0.25, 0.3) is 0 Å². The molecule has 0 aliphatic heterocycles. The van der Waals surface area contributed by atoms with E-state index in [1.165, 1.54) is 0 Å². The maximum absolute atomic E-state index is 10.8. The van der Waals surface area contributed by atoms with Crippen molar-refractivity contribution in [1.82, 2.24) is 0 Å². The van der Waals surface area contributed by atoms with E-state index in [9.17, 15) is 4.79 Å². The first-order chi connectivity index (χ1) is 5.54. The topological polar surface area (TPSA) is 37.3 Å². The molecule has 0 saturated carbocycles. The van der Waals surface area contributed by atoms with Gasteiger partial charge in [-0.2, -0.15) is 0 Å². The van der Waals surface area contributed by atoms with Crippen LogP contribution in [0.1, 0.15) is 27.0 Å². The second-order valence-corrected chi connectivity index (χ2v) is 3.00. The van der Waals surface area contributed by atoms with Gasteiger partial charge >= 0.3 is 5.97 Å². The van der Waals surface area contributed by atoms with Crippen LogP contribution in [0.3, 0.4) is 0 Å². The second-order valence-electron chi connectivity index (χ2n) is 3.00. The molecule has 0 aliphatic rings. The Morgan fingerprint density at radius 3 is 2.00 bits per heavy atom. The Balaban J connectivity index is 0.00000144. The minimum absolute atomic E-state index is 0. The van der Waals surface area contributed by atoms with Gasteiger partial charge in [-0.05, 0) is 37.5 Å². The molecule has 0 aromatic heterocycles. The standard InChI is InChI=1S/C10H12O2.Zn/c1-6-4-5-7(2)9(8(6)3)10(11)12;/h4-5H,1-3H3,(H,11,12);. The van der Waals surface area contributed by atoms with Crippen LogP contribution in [0, 0.1) is 20.8 Å². The molecular formula is C10H12O2Zn. The summed E-state index contributed by atoms with van der Waals surface area (Å²) in [6, 6.07) is 3.78. The molecular weight excluding hydrogens is 217 g/mol. The van der Waals surface area contributed by atoms with E-state index in [-0.39, 0.29) is 19.5 Å². The van der Waals surface area contributed by atoms with E-state index in [0.717, 1.165) is 16.7 Å². The normalized spacial score (nSPS) is 9.15. The average molecular weight is 230 g/mol. The molecule has 1 rings (SSSR count). The maximum atomic E-state index is 10.8. The van der Waals surface area contributed by atoms with Crippen LogP contribution in [0.2, 0.25) is 0 Å². The van der Waals surface area contributed by atoms with Crippen molar-refractivity contribution in [2.75, 3.05) is 0 Å². The van der Waals surface area contributed by atoms with Gasteiger partial charge in [0.1, 0.15) is 0 Å². The SMILES string of the molecule is Cc1ccc(C)c(C(=O)O)c1C.[Zn]. The fraction of sp³-hybridized carbons (Fsp3) is 0.300. The molecule has 0 heterocycles. The Hall–Kier alpha value is -0.687. The first-order valence-electron chi connectivity index (χ1n) is 3.84. The maximum Gasteiger partial charge on any atom is 0.336 e. The zero-order valence-electron chi connectivity index (χ0n) is 8.22. The third kappa shape index (κ3) is 2.38. The molecule has 0 spiro atoms. The number of carbonyl (C=O) groups is 1. The number of carboxylic acid groups (broad SMARTS) is 1. The van der Waals surface area contributed by atoms with Crippen molar-refractivity contribution in [2.45, 2.75) is 20.8 Å². The number of hydrogen-bond acceptors (Lipinski definition) is 1. The van der Waals surface area contributed by atoms with E-state index in [2.05, 4.69) is 0 Å². The molecule has 0 amide bonds. The van der Waals surface area contributed by atoms with Crippen LogP contribution in [0.15, 0.2) is 12.1 Å². The van der Waals surface area contributed by atoms with E-state index >= 15 is 0 Å². The van der Waals surface area contributed by atoms with Crippen LogP contribution in [-0.2, 0) is 19.5 Å². The van der Waals surface area contributed by atoms with E-state index in [1.807, 2.05) is 32.9 Å². The van der Waals surface area contributed by atoms with Crippen LogP contribution in [0.4, 0.5) is 0 Å². The van der Waals surface area contributed by atoms with E-state index < -0.39 is 5.97 Å². The molecule has 0 aliphatic carbocycles. The number of hydrogen-bond donors (Lipinski definition) is 1. The molecule has 0 bridgehead atoms. The van der Waals surface area contributed by atoms with E-state index in [4.69, 9.17) is 5.11 Å². The fourth-order valence-corrected chi connectivity index (χ4v) is 1.28. The van der Waals surface area contributed by atoms with Crippen molar-refractivity contribution in [1.29, 1.82) is 0 Å². The molecule has 3 heteroatoms. The largest absolute Gasteiger partial charge is 0.478 e. The molecule has 1 aromatic rings. The molecule has 66 valence electrons. The van der Waals surface area contributed by atoms with Crippen molar-refractivity contribution in [3.8, 4) is 0 Å². The van der Waals surface area contributed by atoms with Gasteiger partial charge in [-0.15, -0.1) is 0 Å². The zero-order chi connectivity index (χ0) is 9.30. The molecule has 1 N–H and O–H groups in total. The van der Waals surface area contributed by atoms with Crippen LogP contribution in [0.25, 0.3) is 0 Å². The quantitative estimate of drug-likeness (QED) is 0.751. The van der Waals surface area contributed by atoms with E-state index in [0.29, 0.717) is 5.56 Å². The Bertz CT molecular complexity index is 332. The third-order valence-electron chi connectivity index (χ3n) is 2.16. The Labute approximate surface area is 90.7 Å². The van der Waals surface area contributed by atoms with Crippen LogP contribution in [-0.4, -0.2) is 11.1 Å². The van der Waals surface area contributed by atoms with Crippen molar-refractivity contribution >= 4 is 5.97 Å². The summed E-state index contributed by atoms with van der Waals surface area (Å²) in [4.78, 5) is 10.8. The van der Waals surface area contributed by atoms with Gasteiger partial charge in [-0.3, -0.25) is 0 Å². The summed E-state index contributed by atoms with van der Waals surface area (Å²) in [5.74, 6) is -0.839. The van der Waals surface area contributed by atoms with Gasteiger partial charge in [-0.25, -0.2) is 4.79 Å². The first-order valence-corrected chi connectivity index (χ1v) is 3.84. The molecule has 0 unspecified atom stereocenters. The Morgan fingerprint density at radius 1 is 1.15 bits per heavy atom. The number of benzene rings is 1. The van der Waals surface area contributed by atoms with E-state index in [1.54, 1.807) is 0 Å². The minimum atomic E-state index is -0.839. The number of carboxylic acids is 1. The molecule has 0 fully saturated rings. The van der Waals surface area contributed by atoms with Gasteiger partial charge in [0.05, 0.1) is 5.56 Å². The summed E-state index contributed by atoms with van der Waals surface area (Å²) in [6.45, 7) is 5.57. The molecule has 0 radical (unpaired) electrons. The van der Waals surface area contributed by atoms with Gasteiger partial charge in [0, 0.05) is 19.5 Å². The van der Waals surface area contributed by atoms with Crippen LogP contribution >= 0.6 is 0 Å². The smallest absolute Gasteiger partial charge is 0.336 e. The predicted octanol–water partition coefficient (Wildman–Crippen LogP) is 2.31. The summed E-state index contributed by atoms with van der Waals surface area (Å²) in [5.41, 5.74) is 3.15. The summed E-state index contributed by atoms with van der Waals surface area (Å²) in [7, 11) is 0. The Kier molecular flexibility index (Phi) is 4.28. The second kappa shape index (κ2) is 4.52. The number of aryl methyl sites for hydroxylation is 2. The fourth-order valence-electron chi connectivity index (χ4n) is 1.28. The minimum Gasteiger partial charge on any atom is -0.478 e. The van der Waals surface area contributed by atoms with Crippen LogP contribution < -0.4 is 0 Å². The van der Waals surface area contributed by atoms with Crippen LogP contribution in [0.5, 0.6) is 0 Å². The van der Waals surface area contributed by atoms with Crippen molar-refractivity contribution in [3.05, 3.63) is 34.4 Å². The third-order valence-corrected chi connectivity index (χ3v) is 2.16. The van der Waals surface area contributed by atoms with Gasteiger partial charge in [0.15, 0.2) is 0 Å². The van der Waals surface area contributed by atoms with Gasteiger partial charge in [-0.1, -0.05) is 12.1 Å². The summed E-state index contributed by atoms with van der Waals surface area (Å²) < 4.78 is 0. The zero-order valence-corrected chi connectivity index (χ0v) is 11.2. The molecule has 0 saturated heterocycles. The molecule has 0 atom stereocenters.